The summed E-state index contributed by atoms with van der Waals surface area (Å²) in [5.74, 6) is -0.0519. The van der Waals surface area contributed by atoms with E-state index in [4.69, 9.17) is 0 Å². The monoisotopic (exact) mass is 318 g/mol. The number of carbonyl (C=O) groups is 2. The molecular weight excluding hydrogens is 296 g/mol. The number of carbonyl (C=O) groups excluding carboxylic acids is 2. The topological polar surface area (TPSA) is 49.4 Å². The van der Waals surface area contributed by atoms with Gasteiger partial charge in [0.1, 0.15) is 11.4 Å². The van der Waals surface area contributed by atoms with Crippen LogP contribution < -0.4 is 5.32 Å². The number of amides is 2. The standard InChI is InChI=1S/C17H22N2O2S/c1-4-5-10-18-14(20)13-17(2,3)22-16-12-9-7-6-8-11(12)15(21)19(13)16/h6-9,13,16H,4-5,10H2,1-3H3,(H,18,20). The lowest BCUT2D eigenvalue weighted by molar-refractivity contribution is -0.126. The van der Waals surface area contributed by atoms with Crippen LogP contribution in [0.1, 0.15) is 54.9 Å². The van der Waals surface area contributed by atoms with Crippen molar-refractivity contribution in [3.63, 3.8) is 0 Å². The molecule has 0 aromatic heterocycles. The first-order valence-electron chi connectivity index (χ1n) is 7.84. The van der Waals surface area contributed by atoms with Crippen molar-refractivity contribution < 1.29 is 9.59 Å². The molecule has 1 aromatic rings. The lowest BCUT2D eigenvalue weighted by Gasteiger charge is -2.29. The number of fused-ring (bicyclic) bond motifs is 3. The molecule has 1 fully saturated rings. The number of hydrogen-bond donors (Lipinski definition) is 1. The van der Waals surface area contributed by atoms with Gasteiger partial charge in [-0.05, 0) is 31.9 Å². The van der Waals surface area contributed by atoms with Crippen LogP contribution in [0.3, 0.4) is 0 Å². The molecule has 4 nitrogen and oxygen atoms in total. The van der Waals surface area contributed by atoms with Crippen molar-refractivity contribution in [2.75, 3.05) is 6.54 Å². The summed E-state index contributed by atoms with van der Waals surface area (Å²) in [4.78, 5) is 27.2. The van der Waals surface area contributed by atoms with Gasteiger partial charge in [0.15, 0.2) is 0 Å². The molecule has 1 aromatic carbocycles. The summed E-state index contributed by atoms with van der Waals surface area (Å²) < 4.78 is -0.288. The van der Waals surface area contributed by atoms with E-state index < -0.39 is 6.04 Å². The van der Waals surface area contributed by atoms with Gasteiger partial charge in [0, 0.05) is 16.9 Å². The summed E-state index contributed by atoms with van der Waals surface area (Å²) in [6, 6.07) is 7.27. The van der Waals surface area contributed by atoms with Crippen LogP contribution in [0.5, 0.6) is 0 Å². The summed E-state index contributed by atoms with van der Waals surface area (Å²) in [5.41, 5.74) is 1.77. The molecule has 2 aliphatic heterocycles. The molecule has 0 radical (unpaired) electrons. The number of hydrogen-bond acceptors (Lipinski definition) is 3. The molecule has 118 valence electrons. The number of nitrogens with one attached hydrogen (secondary N) is 1. The van der Waals surface area contributed by atoms with E-state index in [1.54, 1.807) is 16.7 Å². The molecule has 0 bridgehead atoms. The van der Waals surface area contributed by atoms with Crippen molar-refractivity contribution in [2.45, 2.75) is 49.8 Å². The minimum absolute atomic E-state index is 0.0192. The van der Waals surface area contributed by atoms with Crippen molar-refractivity contribution in [3.8, 4) is 0 Å². The normalized spacial score (nSPS) is 25.0. The van der Waals surface area contributed by atoms with Crippen LogP contribution in [-0.2, 0) is 4.79 Å². The van der Waals surface area contributed by atoms with E-state index in [-0.39, 0.29) is 21.9 Å². The maximum absolute atomic E-state index is 12.7. The van der Waals surface area contributed by atoms with Crippen LogP contribution >= 0.6 is 11.8 Å². The van der Waals surface area contributed by atoms with Crippen molar-refractivity contribution in [1.29, 1.82) is 0 Å². The molecule has 22 heavy (non-hydrogen) atoms. The van der Waals surface area contributed by atoms with E-state index in [1.165, 1.54) is 0 Å². The first kappa shape index (κ1) is 15.4. The first-order valence-corrected chi connectivity index (χ1v) is 8.72. The van der Waals surface area contributed by atoms with Gasteiger partial charge in [0.05, 0.1) is 0 Å². The predicted molar refractivity (Wildman–Crippen MR) is 88.7 cm³/mol. The lowest BCUT2D eigenvalue weighted by atomic mass is 10.0. The highest BCUT2D eigenvalue weighted by molar-refractivity contribution is 8.01. The predicted octanol–water partition coefficient (Wildman–Crippen LogP) is 2.95. The Morgan fingerprint density at radius 3 is 2.82 bits per heavy atom. The molecule has 0 aliphatic carbocycles. The summed E-state index contributed by atoms with van der Waals surface area (Å²) in [6.45, 7) is 6.87. The molecule has 2 heterocycles. The minimum atomic E-state index is -0.417. The van der Waals surface area contributed by atoms with E-state index in [2.05, 4.69) is 26.1 Å². The number of rotatable bonds is 4. The third-order valence-electron chi connectivity index (χ3n) is 4.37. The molecule has 0 spiro atoms. The fraction of sp³-hybridized carbons (Fsp3) is 0.529. The van der Waals surface area contributed by atoms with Crippen LogP contribution in [0, 0.1) is 0 Å². The Morgan fingerprint density at radius 2 is 2.09 bits per heavy atom. The number of unbranched alkanes of at least 4 members (excludes halogenated alkanes) is 1. The number of thioether (sulfide) groups is 1. The van der Waals surface area contributed by atoms with Gasteiger partial charge in [-0.15, -0.1) is 11.8 Å². The second kappa shape index (κ2) is 5.61. The van der Waals surface area contributed by atoms with Crippen LogP contribution in [0.25, 0.3) is 0 Å². The van der Waals surface area contributed by atoms with Crippen molar-refractivity contribution in [1.82, 2.24) is 10.2 Å². The van der Waals surface area contributed by atoms with Crippen LogP contribution in [0.4, 0.5) is 0 Å². The average molecular weight is 318 g/mol. The van der Waals surface area contributed by atoms with Crippen molar-refractivity contribution in [3.05, 3.63) is 35.4 Å². The van der Waals surface area contributed by atoms with Gasteiger partial charge in [-0.2, -0.15) is 0 Å². The van der Waals surface area contributed by atoms with Gasteiger partial charge in [0.2, 0.25) is 5.91 Å². The molecule has 2 aliphatic rings. The molecule has 1 saturated heterocycles. The minimum Gasteiger partial charge on any atom is -0.354 e. The molecule has 2 atom stereocenters. The smallest absolute Gasteiger partial charge is 0.256 e. The van der Waals surface area contributed by atoms with Gasteiger partial charge in [-0.1, -0.05) is 31.5 Å². The second-order valence-corrected chi connectivity index (χ2v) is 8.15. The first-order chi connectivity index (χ1) is 10.5. The highest BCUT2D eigenvalue weighted by Crippen LogP contribution is 2.56. The molecular formula is C17H22N2O2S. The van der Waals surface area contributed by atoms with E-state index in [9.17, 15) is 9.59 Å². The van der Waals surface area contributed by atoms with Crippen LogP contribution in [0.15, 0.2) is 24.3 Å². The summed E-state index contributed by atoms with van der Waals surface area (Å²) in [6.07, 6.45) is 2.00. The Kier molecular flexibility index (Phi) is 3.93. The SMILES string of the molecule is CCCCNC(=O)C1N2C(=O)c3ccccc3C2SC1(C)C. The Balaban J connectivity index is 1.89. The molecule has 2 unspecified atom stereocenters. The average Bonchev–Trinajstić information content (AvgIpc) is 2.91. The maximum Gasteiger partial charge on any atom is 0.256 e. The lowest BCUT2D eigenvalue weighted by Crippen LogP contribution is -2.52. The molecule has 1 N–H and O–H groups in total. The van der Waals surface area contributed by atoms with Crippen LogP contribution in [-0.4, -0.2) is 34.0 Å². The zero-order chi connectivity index (χ0) is 15.9. The van der Waals surface area contributed by atoms with E-state index in [0.29, 0.717) is 6.54 Å². The van der Waals surface area contributed by atoms with E-state index >= 15 is 0 Å². The van der Waals surface area contributed by atoms with E-state index in [0.717, 1.165) is 24.0 Å². The highest BCUT2D eigenvalue weighted by Gasteiger charge is 2.57. The molecule has 3 rings (SSSR count). The van der Waals surface area contributed by atoms with Crippen molar-refractivity contribution >= 4 is 23.6 Å². The fourth-order valence-corrected chi connectivity index (χ4v) is 4.88. The maximum atomic E-state index is 12.7. The summed E-state index contributed by atoms with van der Waals surface area (Å²) >= 11 is 1.70. The van der Waals surface area contributed by atoms with Crippen molar-refractivity contribution in [2.24, 2.45) is 0 Å². The van der Waals surface area contributed by atoms with Gasteiger partial charge < -0.3 is 10.2 Å². The number of benzene rings is 1. The van der Waals surface area contributed by atoms with Gasteiger partial charge in [0.25, 0.3) is 5.91 Å². The zero-order valence-corrected chi connectivity index (χ0v) is 14.1. The molecule has 2 amide bonds. The van der Waals surface area contributed by atoms with Gasteiger partial charge >= 0.3 is 0 Å². The Morgan fingerprint density at radius 1 is 1.36 bits per heavy atom. The Labute approximate surface area is 135 Å². The van der Waals surface area contributed by atoms with Crippen LogP contribution in [0.2, 0.25) is 0 Å². The Bertz CT molecular complexity index is 614. The highest BCUT2D eigenvalue weighted by atomic mass is 32.2. The quantitative estimate of drug-likeness (QED) is 0.868. The van der Waals surface area contributed by atoms with Gasteiger partial charge in [-0.25, -0.2) is 0 Å². The second-order valence-electron chi connectivity index (χ2n) is 6.42. The van der Waals surface area contributed by atoms with Gasteiger partial charge in [-0.3, -0.25) is 9.59 Å². The molecule has 5 heteroatoms. The van der Waals surface area contributed by atoms with E-state index in [1.807, 2.05) is 24.3 Å². The Hall–Kier alpha value is -1.49. The summed E-state index contributed by atoms with van der Waals surface area (Å²) in [5, 5.41) is 2.95. The molecule has 0 saturated carbocycles. The zero-order valence-electron chi connectivity index (χ0n) is 13.3. The summed E-state index contributed by atoms with van der Waals surface area (Å²) in [7, 11) is 0. The third kappa shape index (κ3) is 2.32. The fourth-order valence-electron chi connectivity index (χ4n) is 3.29. The number of nitrogens with zero attached hydrogens (tertiary/aromatic N) is 1. The third-order valence-corrected chi connectivity index (χ3v) is 5.91. The largest absolute Gasteiger partial charge is 0.354 e.